The molecule has 0 aliphatic carbocycles. The molecule has 0 bridgehead atoms. The number of nitrogens with one attached hydrogen (secondary N) is 1. The van der Waals surface area contributed by atoms with Gasteiger partial charge in [-0.05, 0) is 48.7 Å². The summed E-state index contributed by atoms with van der Waals surface area (Å²) in [4.78, 5) is 1.26. The molecule has 1 atom stereocenters. The summed E-state index contributed by atoms with van der Waals surface area (Å²) in [5.41, 5.74) is 0.939. The zero-order chi connectivity index (χ0) is 14.8. The van der Waals surface area contributed by atoms with Crippen LogP contribution >= 0.6 is 22.9 Å². The van der Waals surface area contributed by atoms with E-state index in [1.165, 1.54) is 21.0 Å². The third-order valence-electron chi connectivity index (χ3n) is 3.56. The molecule has 0 fully saturated rings. The van der Waals surface area contributed by atoms with Crippen molar-refractivity contribution in [1.29, 1.82) is 0 Å². The normalized spacial score (nSPS) is 12.7. The van der Waals surface area contributed by atoms with E-state index in [0.29, 0.717) is 0 Å². The van der Waals surface area contributed by atoms with Gasteiger partial charge < -0.3 is 5.32 Å². The van der Waals surface area contributed by atoms with Crippen LogP contribution in [0.3, 0.4) is 0 Å². The minimum atomic E-state index is -0.361. The summed E-state index contributed by atoms with van der Waals surface area (Å²) in [6.07, 6.45) is 0.734. The molecular formula is C17H15ClFNS. The maximum atomic E-state index is 13.6. The molecule has 3 aromatic rings. The van der Waals surface area contributed by atoms with E-state index in [1.54, 1.807) is 17.4 Å². The lowest BCUT2D eigenvalue weighted by Crippen LogP contribution is -2.17. The predicted molar refractivity (Wildman–Crippen MR) is 88.7 cm³/mol. The summed E-state index contributed by atoms with van der Waals surface area (Å²) in [6.45, 7) is 0. The second-order valence-corrected chi connectivity index (χ2v) is 6.50. The van der Waals surface area contributed by atoms with Gasteiger partial charge in [0.2, 0.25) is 0 Å². The zero-order valence-electron chi connectivity index (χ0n) is 11.6. The maximum Gasteiger partial charge on any atom is 0.142 e. The number of halogens is 2. The number of hydrogen-bond acceptors (Lipinski definition) is 2. The standard InChI is InChI=1S/C17H15ClFNS/c1-20-15(9-11-6-7-13(18)14(19)8-11)17-10-12-4-2-3-5-16(12)21-17/h2-8,10,15,20H,9H2,1H3. The highest BCUT2D eigenvalue weighted by Gasteiger charge is 2.14. The van der Waals surface area contributed by atoms with Gasteiger partial charge in [0.05, 0.1) is 5.02 Å². The molecule has 2 aromatic carbocycles. The van der Waals surface area contributed by atoms with Crippen LogP contribution in [0.2, 0.25) is 5.02 Å². The smallest absolute Gasteiger partial charge is 0.142 e. The largest absolute Gasteiger partial charge is 0.312 e. The lowest BCUT2D eigenvalue weighted by Gasteiger charge is -2.14. The van der Waals surface area contributed by atoms with Gasteiger partial charge in [0.1, 0.15) is 5.82 Å². The van der Waals surface area contributed by atoms with E-state index in [4.69, 9.17) is 11.6 Å². The van der Waals surface area contributed by atoms with Crippen LogP contribution in [0.25, 0.3) is 10.1 Å². The fourth-order valence-corrected chi connectivity index (χ4v) is 3.71. The highest BCUT2D eigenvalue weighted by atomic mass is 35.5. The number of rotatable bonds is 4. The first-order valence-corrected chi connectivity index (χ1v) is 7.96. The van der Waals surface area contributed by atoms with Gasteiger partial charge in [0, 0.05) is 15.6 Å². The van der Waals surface area contributed by atoms with Gasteiger partial charge in [-0.25, -0.2) is 4.39 Å². The van der Waals surface area contributed by atoms with Gasteiger partial charge in [-0.1, -0.05) is 35.9 Å². The van der Waals surface area contributed by atoms with Gasteiger partial charge in [-0.2, -0.15) is 0 Å². The van der Waals surface area contributed by atoms with Gasteiger partial charge in [-0.15, -0.1) is 11.3 Å². The summed E-state index contributed by atoms with van der Waals surface area (Å²) in [7, 11) is 1.93. The van der Waals surface area contributed by atoms with Gasteiger partial charge in [0.15, 0.2) is 0 Å². The molecular weight excluding hydrogens is 305 g/mol. The molecule has 1 nitrogen and oxygen atoms in total. The SMILES string of the molecule is CNC(Cc1ccc(Cl)c(F)c1)c1cc2ccccc2s1. The van der Waals surface area contributed by atoms with Crippen LogP contribution < -0.4 is 5.32 Å². The van der Waals surface area contributed by atoms with Crippen molar-refractivity contribution in [3.63, 3.8) is 0 Å². The Hall–Kier alpha value is -1.42. The van der Waals surface area contributed by atoms with Gasteiger partial charge in [-0.3, -0.25) is 0 Å². The fraction of sp³-hybridized carbons (Fsp3) is 0.176. The molecule has 1 unspecified atom stereocenters. The van der Waals surface area contributed by atoms with Crippen molar-refractivity contribution in [2.24, 2.45) is 0 Å². The molecule has 4 heteroatoms. The summed E-state index contributed by atoms with van der Waals surface area (Å²) >= 11 is 7.51. The number of hydrogen-bond donors (Lipinski definition) is 1. The third-order valence-corrected chi connectivity index (χ3v) is 5.10. The molecule has 108 valence electrons. The molecule has 0 saturated heterocycles. The molecule has 0 amide bonds. The molecule has 21 heavy (non-hydrogen) atoms. The minimum Gasteiger partial charge on any atom is -0.312 e. The Balaban J connectivity index is 1.88. The highest BCUT2D eigenvalue weighted by molar-refractivity contribution is 7.19. The Bertz CT molecular complexity index is 735. The summed E-state index contributed by atoms with van der Waals surface area (Å²) in [5, 5.41) is 4.74. The van der Waals surface area contributed by atoms with Crippen LogP contribution in [0.15, 0.2) is 48.5 Å². The quantitative estimate of drug-likeness (QED) is 0.697. The zero-order valence-corrected chi connectivity index (χ0v) is 13.1. The summed E-state index contributed by atoms with van der Waals surface area (Å²) in [5.74, 6) is -0.361. The van der Waals surface area contributed by atoms with E-state index in [2.05, 4.69) is 23.5 Å². The Morgan fingerprint density at radius 2 is 2.00 bits per heavy atom. The van der Waals surface area contributed by atoms with Crippen LogP contribution in [0.5, 0.6) is 0 Å². The molecule has 1 heterocycles. The first-order valence-electron chi connectivity index (χ1n) is 6.77. The first-order chi connectivity index (χ1) is 10.2. The molecule has 0 saturated carbocycles. The Morgan fingerprint density at radius 1 is 1.19 bits per heavy atom. The highest BCUT2D eigenvalue weighted by Crippen LogP contribution is 2.31. The van der Waals surface area contributed by atoms with Crippen molar-refractivity contribution in [1.82, 2.24) is 5.32 Å². The average Bonchev–Trinajstić information content (AvgIpc) is 2.92. The molecule has 0 aliphatic rings. The van der Waals surface area contributed by atoms with E-state index in [9.17, 15) is 4.39 Å². The minimum absolute atomic E-state index is 0.168. The number of likely N-dealkylation sites (N-methyl/N-ethyl adjacent to an activating group) is 1. The van der Waals surface area contributed by atoms with Crippen LogP contribution in [0.4, 0.5) is 4.39 Å². The van der Waals surface area contributed by atoms with Crippen LogP contribution in [-0.2, 0) is 6.42 Å². The van der Waals surface area contributed by atoms with E-state index in [-0.39, 0.29) is 16.9 Å². The molecule has 0 aliphatic heterocycles. The number of thiophene rings is 1. The molecule has 3 rings (SSSR count). The van der Waals surface area contributed by atoms with E-state index < -0.39 is 0 Å². The van der Waals surface area contributed by atoms with Crippen molar-refractivity contribution in [2.75, 3.05) is 7.05 Å². The average molecular weight is 320 g/mol. The van der Waals surface area contributed by atoms with Crippen molar-refractivity contribution in [3.8, 4) is 0 Å². The lowest BCUT2D eigenvalue weighted by atomic mass is 10.0. The molecule has 0 spiro atoms. The fourth-order valence-electron chi connectivity index (χ4n) is 2.42. The van der Waals surface area contributed by atoms with Crippen molar-refractivity contribution < 1.29 is 4.39 Å². The topological polar surface area (TPSA) is 12.0 Å². The maximum absolute atomic E-state index is 13.6. The van der Waals surface area contributed by atoms with E-state index in [1.807, 2.05) is 25.2 Å². The summed E-state index contributed by atoms with van der Waals surface area (Å²) < 4.78 is 14.8. The monoisotopic (exact) mass is 319 g/mol. The first kappa shape index (κ1) is 14.5. The second-order valence-electron chi connectivity index (χ2n) is 4.98. The van der Waals surface area contributed by atoms with Crippen LogP contribution in [0, 0.1) is 5.82 Å². The van der Waals surface area contributed by atoms with Gasteiger partial charge in [0.25, 0.3) is 0 Å². The van der Waals surface area contributed by atoms with Crippen molar-refractivity contribution in [3.05, 3.63) is 69.8 Å². The molecule has 0 radical (unpaired) electrons. The Morgan fingerprint density at radius 3 is 2.71 bits per heavy atom. The predicted octanol–water partition coefficient (Wildman–Crippen LogP) is 5.20. The number of fused-ring (bicyclic) bond motifs is 1. The molecule has 1 N–H and O–H groups in total. The van der Waals surface area contributed by atoms with Crippen LogP contribution in [-0.4, -0.2) is 7.05 Å². The Kier molecular flexibility index (Phi) is 4.24. The number of benzene rings is 2. The molecule has 1 aromatic heterocycles. The third kappa shape index (κ3) is 3.10. The van der Waals surface area contributed by atoms with Crippen molar-refractivity contribution >= 4 is 33.0 Å². The Labute approximate surface area is 132 Å². The van der Waals surface area contributed by atoms with E-state index >= 15 is 0 Å². The lowest BCUT2D eigenvalue weighted by molar-refractivity contribution is 0.592. The second kappa shape index (κ2) is 6.14. The van der Waals surface area contributed by atoms with Gasteiger partial charge >= 0.3 is 0 Å². The van der Waals surface area contributed by atoms with Crippen molar-refractivity contribution in [2.45, 2.75) is 12.5 Å². The summed E-state index contributed by atoms with van der Waals surface area (Å²) in [6, 6.07) is 15.7. The van der Waals surface area contributed by atoms with Crippen LogP contribution in [0.1, 0.15) is 16.5 Å². The van der Waals surface area contributed by atoms with E-state index in [0.717, 1.165) is 12.0 Å².